The molecule has 4 nitrogen and oxygen atoms in total. The number of ketones is 1. The number of halogens is 1. The van der Waals surface area contributed by atoms with Crippen molar-refractivity contribution in [1.29, 1.82) is 0 Å². The lowest BCUT2D eigenvalue weighted by Gasteiger charge is -2.11. The Labute approximate surface area is 144 Å². The summed E-state index contributed by atoms with van der Waals surface area (Å²) in [5.74, 6) is 0.615. The molecule has 2 N–H and O–H groups in total. The first-order chi connectivity index (χ1) is 10.5. The van der Waals surface area contributed by atoms with Crippen LogP contribution in [0.3, 0.4) is 0 Å². The molecular weight excluding hydrogens is 312 g/mol. The van der Waals surface area contributed by atoms with Gasteiger partial charge < -0.3 is 10.6 Å². The second kappa shape index (κ2) is 9.68. The molecule has 1 amide bonds. The third-order valence-corrected chi connectivity index (χ3v) is 3.92. The van der Waals surface area contributed by atoms with Crippen LogP contribution < -0.4 is 10.6 Å². The molecular formula is C18H27ClN2O2. The number of hydrogen-bond acceptors (Lipinski definition) is 3. The lowest BCUT2D eigenvalue weighted by Crippen LogP contribution is -2.36. The molecule has 1 aromatic rings. The van der Waals surface area contributed by atoms with Crippen molar-refractivity contribution in [2.24, 2.45) is 5.92 Å². The number of carbonyl (C=O) groups excluding carboxylic acids is 2. The monoisotopic (exact) mass is 338 g/mol. The summed E-state index contributed by atoms with van der Waals surface area (Å²) in [5.41, 5.74) is 1.95. The quantitative estimate of drug-likeness (QED) is 0.752. The van der Waals surface area contributed by atoms with E-state index in [9.17, 15) is 9.59 Å². The number of amides is 1. The molecule has 1 aliphatic heterocycles. The van der Waals surface area contributed by atoms with E-state index in [4.69, 9.17) is 0 Å². The molecule has 1 aliphatic rings. The lowest BCUT2D eigenvalue weighted by atomic mass is 9.99. The summed E-state index contributed by atoms with van der Waals surface area (Å²) in [6.45, 7) is 6.14. The van der Waals surface area contributed by atoms with Gasteiger partial charge in [0.05, 0.1) is 0 Å². The summed E-state index contributed by atoms with van der Waals surface area (Å²) in [5, 5.41) is 6.17. The van der Waals surface area contributed by atoms with Gasteiger partial charge in [-0.3, -0.25) is 9.59 Å². The normalized spacial score (nSPS) is 16.9. The fourth-order valence-electron chi connectivity index (χ4n) is 2.75. The van der Waals surface area contributed by atoms with Crippen LogP contribution in [0, 0.1) is 5.92 Å². The summed E-state index contributed by atoms with van der Waals surface area (Å²) in [6, 6.07) is 7.99. The smallest absolute Gasteiger partial charge is 0.220 e. The fraction of sp³-hybridized carbons (Fsp3) is 0.556. The highest BCUT2D eigenvalue weighted by atomic mass is 35.5. The van der Waals surface area contributed by atoms with Gasteiger partial charge in [0, 0.05) is 31.0 Å². The van der Waals surface area contributed by atoms with E-state index in [2.05, 4.69) is 24.5 Å². The summed E-state index contributed by atoms with van der Waals surface area (Å²) in [4.78, 5) is 23.9. The molecule has 0 aliphatic carbocycles. The number of Topliss-reactive ketones (excluding diaryl/α,β-unsaturated/α-hetero) is 1. The van der Waals surface area contributed by atoms with Crippen molar-refractivity contribution < 1.29 is 9.59 Å². The molecule has 0 aromatic heterocycles. The Morgan fingerprint density at radius 2 is 1.91 bits per heavy atom. The molecule has 0 saturated carbocycles. The standard InChI is InChI=1S/C18H26N2O2.ClH/c1-13(2)11-14-3-5-15(6-4-14)17(21)7-8-18(22)20-16-9-10-19-12-16;/h3-6,13,16,19H,7-12H2,1-2H3,(H,20,22);1H. The maximum absolute atomic E-state index is 12.1. The Morgan fingerprint density at radius 1 is 1.22 bits per heavy atom. The maximum Gasteiger partial charge on any atom is 0.220 e. The number of benzene rings is 1. The van der Waals surface area contributed by atoms with Crippen molar-refractivity contribution in [3.63, 3.8) is 0 Å². The van der Waals surface area contributed by atoms with Crippen molar-refractivity contribution in [3.05, 3.63) is 35.4 Å². The summed E-state index contributed by atoms with van der Waals surface area (Å²) in [7, 11) is 0. The fourth-order valence-corrected chi connectivity index (χ4v) is 2.75. The molecule has 23 heavy (non-hydrogen) atoms. The Bertz CT molecular complexity index is 508. The van der Waals surface area contributed by atoms with Gasteiger partial charge in [0.25, 0.3) is 0 Å². The van der Waals surface area contributed by atoms with Crippen LogP contribution in [0.5, 0.6) is 0 Å². The Morgan fingerprint density at radius 3 is 2.48 bits per heavy atom. The van der Waals surface area contributed by atoms with Crippen molar-refractivity contribution in [2.45, 2.75) is 45.6 Å². The molecule has 1 unspecified atom stereocenters. The molecule has 1 aromatic carbocycles. The Balaban J connectivity index is 0.00000264. The van der Waals surface area contributed by atoms with Crippen molar-refractivity contribution >= 4 is 24.1 Å². The predicted octanol–water partition coefficient (Wildman–Crippen LogP) is 2.75. The zero-order valence-corrected chi connectivity index (χ0v) is 14.7. The number of hydrogen-bond donors (Lipinski definition) is 2. The van der Waals surface area contributed by atoms with E-state index >= 15 is 0 Å². The van der Waals surface area contributed by atoms with Gasteiger partial charge in [-0.05, 0) is 30.9 Å². The largest absolute Gasteiger partial charge is 0.352 e. The number of carbonyl (C=O) groups is 2. The minimum Gasteiger partial charge on any atom is -0.352 e. The molecule has 1 saturated heterocycles. The van der Waals surface area contributed by atoms with Crippen LogP contribution in [0.15, 0.2) is 24.3 Å². The van der Waals surface area contributed by atoms with Gasteiger partial charge in [-0.15, -0.1) is 12.4 Å². The van der Waals surface area contributed by atoms with E-state index in [1.165, 1.54) is 5.56 Å². The highest BCUT2D eigenvalue weighted by Crippen LogP contribution is 2.12. The Hall–Kier alpha value is -1.39. The van der Waals surface area contributed by atoms with Gasteiger partial charge in [-0.2, -0.15) is 0 Å². The van der Waals surface area contributed by atoms with Gasteiger partial charge in [0.1, 0.15) is 0 Å². The van der Waals surface area contributed by atoms with Crippen molar-refractivity contribution in [3.8, 4) is 0 Å². The van der Waals surface area contributed by atoms with Crippen LogP contribution in [0.2, 0.25) is 0 Å². The molecule has 1 heterocycles. The average Bonchev–Trinajstić information content (AvgIpc) is 2.98. The van der Waals surface area contributed by atoms with Crippen LogP contribution in [0.25, 0.3) is 0 Å². The van der Waals surface area contributed by atoms with Gasteiger partial charge >= 0.3 is 0 Å². The minimum absolute atomic E-state index is 0. The second-order valence-corrected chi connectivity index (χ2v) is 6.48. The molecule has 128 valence electrons. The van der Waals surface area contributed by atoms with Crippen LogP contribution in [-0.2, 0) is 11.2 Å². The van der Waals surface area contributed by atoms with Gasteiger partial charge in [-0.1, -0.05) is 38.1 Å². The first-order valence-electron chi connectivity index (χ1n) is 8.17. The molecule has 2 rings (SSSR count). The van der Waals surface area contributed by atoms with Crippen molar-refractivity contribution in [1.82, 2.24) is 10.6 Å². The molecule has 1 fully saturated rings. The first-order valence-corrected chi connectivity index (χ1v) is 8.17. The van der Waals surface area contributed by atoms with E-state index in [1.807, 2.05) is 24.3 Å². The minimum atomic E-state index is -0.0292. The van der Waals surface area contributed by atoms with Crippen LogP contribution in [0.4, 0.5) is 0 Å². The summed E-state index contributed by atoms with van der Waals surface area (Å²) < 4.78 is 0. The molecule has 0 radical (unpaired) electrons. The lowest BCUT2D eigenvalue weighted by molar-refractivity contribution is -0.121. The molecule has 0 spiro atoms. The Kier molecular flexibility index (Phi) is 8.28. The molecule has 1 atom stereocenters. The van der Waals surface area contributed by atoms with E-state index < -0.39 is 0 Å². The highest BCUT2D eigenvalue weighted by molar-refractivity contribution is 5.98. The topological polar surface area (TPSA) is 58.2 Å². The average molecular weight is 339 g/mol. The molecule has 5 heteroatoms. The predicted molar refractivity (Wildman–Crippen MR) is 95.2 cm³/mol. The number of rotatable bonds is 7. The molecule has 0 bridgehead atoms. The SMILES string of the molecule is CC(C)Cc1ccc(C(=O)CCC(=O)NC2CCNC2)cc1.Cl. The maximum atomic E-state index is 12.1. The van der Waals surface area contributed by atoms with Crippen LogP contribution in [-0.4, -0.2) is 30.8 Å². The highest BCUT2D eigenvalue weighted by Gasteiger charge is 2.17. The second-order valence-electron chi connectivity index (χ2n) is 6.48. The van der Waals surface area contributed by atoms with Gasteiger partial charge in [0.15, 0.2) is 5.78 Å². The van der Waals surface area contributed by atoms with E-state index in [0.717, 1.165) is 25.9 Å². The van der Waals surface area contributed by atoms with E-state index in [-0.39, 0.29) is 43.0 Å². The van der Waals surface area contributed by atoms with Gasteiger partial charge in [-0.25, -0.2) is 0 Å². The third kappa shape index (κ3) is 6.71. The third-order valence-electron chi connectivity index (χ3n) is 3.92. The van der Waals surface area contributed by atoms with Crippen molar-refractivity contribution in [2.75, 3.05) is 13.1 Å². The zero-order chi connectivity index (χ0) is 15.9. The van der Waals surface area contributed by atoms with E-state index in [0.29, 0.717) is 11.5 Å². The van der Waals surface area contributed by atoms with E-state index in [1.54, 1.807) is 0 Å². The number of nitrogens with one attached hydrogen (secondary N) is 2. The summed E-state index contributed by atoms with van der Waals surface area (Å²) in [6.07, 6.45) is 2.53. The summed E-state index contributed by atoms with van der Waals surface area (Å²) >= 11 is 0. The zero-order valence-electron chi connectivity index (χ0n) is 13.9. The van der Waals surface area contributed by atoms with Crippen LogP contribution in [0.1, 0.15) is 49.0 Å². The van der Waals surface area contributed by atoms with Crippen LogP contribution >= 0.6 is 12.4 Å². The van der Waals surface area contributed by atoms with Gasteiger partial charge in [0.2, 0.25) is 5.91 Å². The first kappa shape index (κ1) is 19.7.